The number of hydrogen-bond donors (Lipinski definition) is 2. The number of carbonyl (C=O) groups excluding carboxylic acids is 1. The van der Waals surface area contributed by atoms with E-state index in [0.717, 1.165) is 16.9 Å². The number of rotatable bonds is 5. The van der Waals surface area contributed by atoms with E-state index in [-0.39, 0.29) is 5.97 Å². The van der Waals surface area contributed by atoms with Crippen LogP contribution in [-0.2, 0) is 9.53 Å². The number of carbonyl (C=O) groups is 1. The molecule has 0 aromatic heterocycles. The molecule has 1 unspecified atom stereocenters. The van der Waals surface area contributed by atoms with Crippen molar-refractivity contribution in [2.24, 2.45) is 0 Å². The zero-order valence-corrected chi connectivity index (χ0v) is 12.5. The maximum Gasteiger partial charge on any atom is 0.332 e. The molecule has 5 nitrogen and oxygen atoms in total. The number of ether oxygens (including phenoxy) is 1. The number of esters is 1. The monoisotopic (exact) mass is 295 g/mol. The summed E-state index contributed by atoms with van der Waals surface area (Å²) in [6.07, 6.45) is 0. The van der Waals surface area contributed by atoms with E-state index in [1.165, 1.54) is 7.11 Å². The molecule has 0 aliphatic heterocycles. The lowest BCUT2D eigenvalue weighted by Gasteiger charge is -2.19. The first-order chi connectivity index (χ1) is 10.7. The van der Waals surface area contributed by atoms with Gasteiger partial charge in [0, 0.05) is 18.4 Å². The fourth-order valence-corrected chi connectivity index (χ4v) is 2.08. The van der Waals surface area contributed by atoms with E-state index in [0.29, 0.717) is 5.56 Å². The maximum absolute atomic E-state index is 12.1. The molecule has 2 N–H and O–H groups in total. The molecule has 0 fully saturated rings. The van der Waals surface area contributed by atoms with E-state index in [1.54, 1.807) is 24.3 Å². The minimum Gasteiger partial charge on any atom is -0.467 e. The Hall–Kier alpha value is -3.00. The Kier molecular flexibility index (Phi) is 4.99. The fraction of sp³-hybridized carbons (Fsp3) is 0.176. The molecule has 0 heterocycles. The Morgan fingerprint density at radius 3 is 2.50 bits per heavy atom. The standard InChI is InChI=1S/C17H17N3O2/c1-19-15-5-3-4-13(10-15)16(17(21)22-2)20-14-8-6-12(11-18)7-9-14/h3-10,16,19-20H,1-2H3. The molecule has 0 aliphatic rings. The first-order valence-corrected chi connectivity index (χ1v) is 6.80. The zero-order valence-electron chi connectivity index (χ0n) is 12.5. The van der Waals surface area contributed by atoms with Gasteiger partial charge in [-0.05, 0) is 42.0 Å². The Balaban J connectivity index is 2.29. The Morgan fingerprint density at radius 1 is 1.18 bits per heavy atom. The molecule has 0 saturated heterocycles. The zero-order chi connectivity index (χ0) is 15.9. The van der Waals surface area contributed by atoms with Crippen molar-refractivity contribution in [2.45, 2.75) is 6.04 Å². The van der Waals surface area contributed by atoms with Crippen molar-refractivity contribution < 1.29 is 9.53 Å². The largest absolute Gasteiger partial charge is 0.467 e. The second-order valence-electron chi connectivity index (χ2n) is 4.67. The van der Waals surface area contributed by atoms with Crippen molar-refractivity contribution in [3.8, 4) is 6.07 Å². The van der Waals surface area contributed by atoms with Gasteiger partial charge in [0.1, 0.15) is 0 Å². The van der Waals surface area contributed by atoms with Gasteiger partial charge >= 0.3 is 5.97 Å². The highest BCUT2D eigenvalue weighted by Gasteiger charge is 2.21. The number of nitriles is 1. The number of hydrogen-bond acceptors (Lipinski definition) is 5. The van der Waals surface area contributed by atoms with Crippen LogP contribution in [0.4, 0.5) is 11.4 Å². The molecule has 0 radical (unpaired) electrons. The van der Waals surface area contributed by atoms with Gasteiger partial charge in [0.05, 0.1) is 18.7 Å². The summed E-state index contributed by atoms with van der Waals surface area (Å²) in [6.45, 7) is 0. The van der Waals surface area contributed by atoms with Crippen LogP contribution in [0.2, 0.25) is 0 Å². The van der Waals surface area contributed by atoms with Gasteiger partial charge in [0.2, 0.25) is 0 Å². The molecule has 2 aromatic carbocycles. The summed E-state index contributed by atoms with van der Waals surface area (Å²) in [7, 11) is 3.18. The first-order valence-electron chi connectivity index (χ1n) is 6.80. The van der Waals surface area contributed by atoms with E-state index < -0.39 is 6.04 Å². The number of nitrogens with one attached hydrogen (secondary N) is 2. The molecule has 0 amide bonds. The van der Waals surface area contributed by atoms with Crippen LogP contribution >= 0.6 is 0 Å². The van der Waals surface area contributed by atoms with Crippen molar-refractivity contribution in [2.75, 3.05) is 24.8 Å². The van der Waals surface area contributed by atoms with Gasteiger partial charge in [0.15, 0.2) is 6.04 Å². The van der Waals surface area contributed by atoms with Crippen LogP contribution in [0, 0.1) is 11.3 Å². The van der Waals surface area contributed by atoms with Crippen LogP contribution in [0.3, 0.4) is 0 Å². The lowest BCUT2D eigenvalue weighted by molar-refractivity contribution is -0.141. The Morgan fingerprint density at radius 2 is 1.91 bits per heavy atom. The van der Waals surface area contributed by atoms with Gasteiger partial charge in [-0.15, -0.1) is 0 Å². The topological polar surface area (TPSA) is 74.1 Å². The third kappa shape index (κ3) is 3.55. The van der Waals surface area contributed by atoms with Crippen LogP contribution in [0.25, 0.3) is 0 Å². The van der Waals surface area contributed by atoms with E-state index >= 15 is 0 Å². The van der Waals surface area contributed by atoms with Crippen molar-refractivity contribution in [1.29, 1.82) is 5.26 Å². The molecular weight excluding hydrogens is 278 g/mol. The van der Waals surface area contributed by atoms with Crippen molar-refractivity contribution >= 4 is 17.3 Å². The van der Waals surface area contributed by atoms with Crippen molar-refractivity contribution in [3.05, 3.63) is 59.7 Å². The quantitative estimate of drug-likeness (QED) is 0.830. The number of benzene rings is 2. The molecular formula is C17H17N3O2. The maximum atomic E-state index is 12.1. The van der Waals surface area contributed by atoms with Crippen LogP contribution in [0.1, 0.15) is 17.2 Å². The van der Waals surface area contributed by atoms with Gasteiger partial charge < -0.3 is 15.4 Å². The van der Waals surface area contributed by atoms with Crippen LogP contribution in [0.5, 0.6) is 0 Å². The van der Waals surface area contributed by atoms with Crippen molar-refractivity contribution in [3.63, 3.8) is 0 Å². The van der Waals surface area contributed by atoms with Gasteiger partial charge in [-0.25, -0.2) is 4.79 Å². The summed E-state index contributed by atoms with van der Waals surface area (Å²) in [5.74, 6) is -0.377. The molecule has 112 valence electrons. The van der Waals surface area contributed by atoms with E-state index in [9.17, 15) is 4.79 Å². The average Bonchev–Trinajstić information content (AvgIpc) is 2.59. The SMILES string of the molecule is CNc1cccc(C(Nc2ccc(C#N)cc2)C(=O)OC)c1. The summed E-state index contributed by atoms with van der Waals surface area (Å²) in [6, 6.07) is 15.9. The van der Waals surface area contributed by atoms with Crippen LogP contribution in [0.15, 0.2) is 48.5 Å². The highest BCUT2D eigenvalue weighted by Crippen LogP contribution is 2.23. The predicted molar refractivity (Wildman–Crippen MR) is 85.5 cm³/mol. The first kappa shape index (κ1) is 15.4. The summed E-state index contributed by atoms with van der Waals surface area (Å²) >= 11 is 0. The average molecular weight is 295 g/mol. The molecule has 2 aromatic rings. The smallest absolute Gasteiger partial charge is 0.332 e. The summed E-state index contributed by atoms with van der Waals surface area (Å²) in [4.78, 5) is 12.1. The summed E-state index contributed by atoms with van der Waals surface area (Å²) < 4.78 is 4.88. The molecule has 2 rings (SSSR count). The minimum atomic E-state index is -0.619. The second kappa shape index (κ2) is 7.14. The Bertz CT molecular complexity index is 690. The lowest BCUT2D eigenvalue weighted by Crippen LogP contribution is -2.22. The van der Waals surface area contributed by atoms with Gasteiger partial charge in [0.25, 0.3) is 0 Å². The van der Waals surface area contributed by atoms with Crippen molar-refractivity contribution in [1.82, 2.24) is 0 Å². The van der Waals surface area contributed by atoms with Crippen LogP contribution < -0.4 is 10.6 Å². The predicted octanol–water partition coefficient (Wildman–Crippen LogP) is 2.93. The normalized spacial score (nSPS) is 11.1. The molecule has 0 bridgehead atoms. The van der Waals surface area contributed by atoms with E-state index in [4.69, 9.17) is 10.00 Å². The number of nitrogens with zero attached hydrogens (tertiary/aromatic N) is 1. The molecule has 22 heavy (non-hydrogen) atoms. The highest BCUT2D eigenvalue weighted by molar-refractivity contribution is 5.81. The molecule has 1 atom stereocenters. The molecule has 0 aliphatic carbocycles. The summed E-state index contributed by atoms with van der Waals surface area (Å²) in [5.41, 5.74) is 3.01. The number of methoxy groups -OCH3 is 1. The lowest BCUT2D eigenvalue weighted by atomic mass is 10.1. The second-order valence-corrected chi connectivity index (χ2v) is 4.67. The van der Waals surface area contributed by atoms with E-state index in [2.05, 4.69) is 16.7 Å². The number of anilines is 2. The molecule has 0 saturated carbocycles. The third-order valence-corrected chi connectivity index (χ3v) is 3.27. The van der Waals surface area contributed by atoms with Gasteiger partial charge in [-0.1, -0.05) is 12.1 Å². The fourth-order valence-electron chi connectivity index (χ4n) is 2.08. The minimum absolute atomic E-state index is 0.377. The molecule has 5 heteroatoms. The molecule has 0 spiro atoms. The van der Waals surface area contributed by atoms with Gasteiger partial charge in [-0.2, -0.15) is 5.26 Å². The van der Waals surface area contributed by atoms with Crippen LogP contribution in [-0.4, -0.2) is 20.1 Å². The van der Waals surface area contributed by atoms with E-state index in [1.807, 2.05) is 31.3 Å². The Labute approximate surface area is 129 Å². The van der Waals surface area contributed by atoms with Gasteiger partial charge in [-0.3, -0.25) is 0 Å². The third-order valence-electron chi connectivity index (χ3n) is 3.27. The highest BCUT2D eigenvalue weighted by atomic mass is 16.5. The summed E-state index contributed by atoms with van der Waals surface area (Å²) in [5, 5.41) is 15.0.